The van der Waals surface area contributed by atoms with Crippen LogP contribution in [0.1, 0.15) is 120 Å². The van der Waals surface area contributed by atoms with Crippen molar-refractivity contribution in [3.8, 4) is 158 Å². The summed E-state index contributed by atoms with van der Waals surface area (Å²) in [5, 5.41) is 1.94. The topological polar surface area (TPSA) is 117 Å². The highest BCUT2D eigenvalue weighted by molar-refractivity contribution is 6.11. The van der Waals surface area contributed by atoms with Crippen LogP contribution in [0, 0.1) is 125 Å². The quantitative estimate of drug-likeness (QED) is 0.0367. The van der Waals surface area contributed by atoms with Crippen LogP contribution in [0.4, 0.5) is 0 Å². The van der Waals surface area contributed by atoms with Crippen molar-refractivity contribution in [3.05, 3.63) is 143 Å². The van der Waals surface area contributed by atoms with E-state index in [1.807, 2.05) is 48.5 Å². The Balaban J connectivity index is 1.02. The van der Waals surface area contributed by atoms with Crippen LogP contribution in [0.2, 0.25) is 0 Å². The summed E-state index contributed by atoms with van der Waals surface area (Å²) in [4.78, 5) is 25.1. The number of rotatable bonds is 22. The van der Waals surface area contributed by atoms with Crippen molar-refractivity contribution >= 4 is 28.8 Å². The van der Waals surface area contributed by atoms with Gasteiger partial charge in [-0.2, -0.15) is 0 Å². The van der Waals surface area contributed by atoms with E-state index in [2.05, 4.69) is 209 Å². The van der Waals surface area contributed by atoms with Crippen LogP contribution < -0.4 is 23.7 Å². The first kappa shape index (κ1) is 67.5. The summed E-state index contributed by atoms with van der Waals surface area (Å²) >= 11 is 0. The molecule has 2 atom stereocenters. The van der Waals surface area contributed by atoms with Crippen molar-refractivity contribution in [2.45, 2.75) is 111 Å². The zero-order valence-electron chi connectivity index (χ0n) is 54.8. The number of carbonyl (C=O) groups excluding carboxylic acids is 2. The number of unbranched alkanes of at least 4 members (excludes halogenated alkanes) is 1. The molecule has 6 aromatic carbocycles. The molecule has 1 heterocycles. The van der Waals surface area contributed by atoms with Crippen LogP contribution in [0.25, 0.3) is 39.1 Å². The van der Waals surface area contributed by atoms with Crippen LogP contribution in [-0.2, 0) is 39.6 Å². The standard InChI is InChI=1S/C83H74O11/c1-11-13-15-16-17-18-19-20-21-22-23-24-25-26-27-30-48-88-49-50-90-64-38-34-62(35-39-64)83(63-36-40-65(41-37-63)91-51-52-92-75(84)43-44-76(85)93-61(4)56-89-47-14-12-2)46-45-68-78-77(67-31-28-29-32-72(67)82(78)58-80(5,6)57-81(7,8)59-82)70-54-69(66-42-33-60(3)53-73(66)86-9)74(87-10)55-71(70)79(68)94-83/h1,28-29,31-42,45-46,53-55,61H,12,14,43-44,47,49-52,56-59H2,2-10H3. The van der Waals surface area contributed by atoms with E-state index in [9.17, 15) is 9.59 Å². The summed E-state index contributed by atoms with van der Waals surface area (Å²) in [6.45, 7) is 17.0. The minimum absolute atomic E-state index is 0.00162. The van der Waals surface area contributed by atoms with Crippen molar-refractivity contribution in [1.29, 1.82) is 0 Å². The number of esters is 2. The Morgan fingerprint density at radius 2 is 1.18 bits per heavy atom. The number of carbonyl (C=O) groups is 2. The second-order valence-electron chi connectivity index (χ2n) is 24.6. The van der Waals surface area contributed by atoms with Crippen LogP contribution >= 0.6 is 0 Å². The summed E-state index contributed by atoms with van der Waals surface area (Å²) in [5.74, 6) is 42.6. The second kappa shape index (κ2) is 31.4. The van der Waals surface area contributed by atoms with E-state index in [0.29, 0.717) is 30.5 Å². The number of ether oxygens (including phenoxy) is 9. The largest absolute Gasteiger partial charge is 0.496 e. The lowest BCUT2D eigenvalue weighted by Crippen LogP contribution is -2.44. The molecule has 11 heteroatoms. The van der Waals surface area contributed by atoms with Gasteiger partial charge in [0.15, 0.2) is 5.60 Å². The Hall–Kier alpha value is -10.9. The average Bonchev–Trinajstić information content (AvgIpc) is 1.47. The maximum absolute atomic E-state index is 12.7. The van der Waals surface area contributed by atoms with E-state index in [4.69, 9.17) is 49.1 Å². The van der Waals surface area contributed by atoms with Crippen molar-refractivity contribution in [1.82, 2.24) is 0 Å². The molecule has 1 spiro atoms. The minimum Gasteiger partial charge on any atom is -0.496 e. The van der Waals surface area contributed by atoms with Gasteiger partial charge in [-0.15, -0.1) is 6.42 Å². The molecule has 1 fully saturated rings. The summed E-state index contributed by atoms with van der Waals surface area (Å²) in [5.41, 5.74) is 9.08. The number of terminal acetylenes is 1. The molecule has 3 aliphatic rings. The number of fused-ring (bicyclic) bond motifs is 10. The summed E-state index contributed by atoms with van der Waals surface area (Å²) in [7, 11) is 3.42. The van der Waals surface area contributed by atoms with Crippen molar-refractivity contribution < 1.29 is 52.2 Å². The molecule has 9 rings (SSSR count). The normalized spacial score (nSPS) is 15.1. The van der Waals surface area contributed by atoms with Crippen molar-refractivity contribution in [2.24, 2.45) is 10.8 Å². The third kappa shape index (κ3) is 16.4. The molecule has 0 aromatic heterocycles. The summed E-state index contributed by atoms with van der Waals surface area (Å²) in [6.07, 6.45) is 16.4. The first-order valence-electron chi connectivity index (χ1n) is 31.4. The lowest BCUT2D eigenvalue weighted by atomic mass is 9.52. The molecule has 2 unspecified atom stereocenters. The van der Waals surface area contributed by atoms with Gasteiger partial charge in [-0.25, -0.2) is 0 Å². The van der Waals surface area contributed by atoms with Crippen LogP contribution in [-0.4, -0.2) is 71.9 Å². The van der Waals surface area contributed by atoms with Gasteiger partial charge < -0.3 is 42.6 Å². The number of aryl methyl sites for hydroxylation is 1. The monoisotopic (exact) mass is 1250 g/mol. The molecule has 11 nitrogen and oxygen atoms in total. The highest BCUT2D eigenvalue weighted by Crippen LogP contribution is 2.67. The van der Waals surface area contributed by atoms with E-state index in [0.717, 1.165) is 87.8 Å². The van der Waals surface area contributed by atoms with Crippen molar-refractivity contribution in [3.63, 3.8) is 0 Å². The molecule has 2 aliphatic carbocycles. The SMILES string of the molecule is C#CC#CC#CC#CC#CC#CC#CC#CC#COCCOc1ccc(C2(c3ccc(OCCOC(=O)CCC(=O)OC(C)COCCCC)cc3)C=Cc3c4c(c5cc(-c6ccc(C)cc6OC)c(OC)cc5c3O2)-c2ccccc2C42CC(C)(C)CC(C)(C)C2)cc1. The van der Waals surface area contributed by atoms with Gasteiger partial charge in [0, 0.05) is 92.6 Å². The third-order valence-corrected chi connectivity index (χ3v) is 16.3. The van der Waals surface area contributed by atoms with Crippen LogP contribution in [0.15, 0.2) is 109 Å². The lowest BCUT2D eigenvalue weighted by Gasteiger charge is -2.52. The fraction of sp³-hybridized carbons (Fsp3) is 0.325. The molecule has 0 radical (unpaired) electrons. The molecule has 0 bridgehead atoms. The summed E-state index contributed by atoms with van der Waals surface area (Å²) < 4.78 is 54.7. The van der Waals surface area contributed by atoms with Gasteiger partial charge in [-0.3, -0.25) is 9.59 Å². The van der Waals surface area contributed by atoms with Gasteiger partial charge in [0.25, 0.3) is 0 Å². The molecule has 94 heavy (non-hydrogen) atoms. The van der Waals surface area contributed by atoms with Gasteiger partial charge in [-0.05, 0) is 179 Å². The third-order valence-electron chi connectivity index (χ3n) is 16.3. The van der Waals surface area contributed by atoms with E-state index >= 15 is 0 Å². The lowest BCUT2D eigenvalue weighted by molar-refractivity contribution is -0.155. The van der Waals surface area contributed by atoms with E-state index in [1.54, 1.807) is 21.1 Å². The van der Waals surface area contributed by atoms with Crippen LogP contribution in [0.5, 0.6) is 28.7 Å². The number of hydrogen-bond acceptors (Lipinski definition) is 11. The fourth-order valence-electron chi connectivity index (χ4n) is 13.3. The van der Waals surface area contributed by atoms with Gasteiger partial charge in [0.2, 0.25) is 0 Å². The van der Waals surface area contributed by atoms with Crippen molar-refractivity contribution in [2.75, 3.05) is 53.9 Å². The molecule has 472 valence electrons. The fourth-order valence-corrected chi connectivity index (χ4v) is 13.3. The molecule has 1 aliphatic heterocycles. The van der Waals surface area contributed by atoms with Gasteiger partial charge in [0.05, 0.1) is 33.7 Å². The predicted octanol–water partition coefficient (Wildman–Crippen LogP) is 14.1. The highest BCUT2D eigenvalue weighted by atomic mass is 16.6. The van der Waals surface area contributed by atoms with Gasteiger partial charge >= 0.3 is 11.9 Å². The predicted molar refractivity (Wildman–Crippen MR) is 368 cm³/mol. The zero-order chi connectivity index (χ0) is 66.6. The molecule has 0 amide bonds. The molecule has 1 saturated carbocycles. The highest BCUT2D eigenvalue weighted by Gasteiger charge is 2.55. The van der Waals surface area contributed by atoms with E-state index in [-0.39, 0.29) is 55.5 Å². The van der Waals surface area contributed by atoms with E-state index in [1.165, 1.54) is 22.3 Å². The summed E-state index contributed by atoms with van der Waals surface area (Å²) in [6, 6.07) is 35.4. The number of hydrogen-bond donors (Lipinski definition) is 0. The Morgan fingerprint density at radius 1 is 0.606 bits per heavy atom. The number of methoxy groups -OCH3 is 2. The molecule has 6 aromatic rings. The minimum atomic E-state index is -1.20. The maximum atomic E-state index is 12.7. The Kier molecular flexibility index (Phi) is 22.5. The molecule has 0 saturated heterocycles. The maximum Gasteiger partial charge on any atom is 0.306 e. The molecular weight excluding hydrogens is 1170 g/mol. The van der Waals surface area contributed by atoms with Gasteiger partial charge in [0.1, 0.15) is 67.4 Å². The Morgan fingerprint density at radius 3 is 1.79 bits per heavy atom. The first-order valence-corrected chi connectivity index (χ1v) is 31.4. The second-order valence-corrected chi connectivity index (χ2v) is 24.6. The number of benzene rings is 6. The Bertz CT molecular complexity index is 4440. The Labute approximate surface area is 554 Å². The van der Waals surface area contributed by atoms with Crippen LogP contribution in [0.3, 0.4) is 0 Å². The average molecular weight is 1250 g/mol. The molecular formula is C83H74O11. The zero-order valence-corrected chi connectivity index (χ0v) is 54.8. The molecule has 0 N–H and O–H groups in total. The smallest absolute Gasteiger partial charge is 0.306 e. The van der Waals surface area contributed by atoms with E-state index < -0.39 is 23.6 Å². The van der Waals surface area contributed by atoms with Gasteiger partial charge in [-0.1, -0.05) is 108 Å². The first-order chi connectivity index (χ1) is 45.5.